The second-order valence-electron chi connectivity index (χ2n) is 7.69. The van der Waals surface area contributed by atoms with Crippen LogP contribution in [0.4, 0.5) is 43.4 Å². The van der Waals surface area contributed by atoms with Crippen molar-refractivity contribution < 1.29 is 31.1 Å². The molecule has 0 saturated carbocycles. The van der Waals surface area contributed by atoms with Crippen molar-refractivity contribution in [2.24, 2.45) is 0 Å². The van der Waals surface area contributed by atoms with Gasteiger partial charge in [-0.3, -0.25) is 4.79 Å². The molecule has 182 valence electrons. The van der Waals surface area contributed by atoms with Gasteiger partial charge in [-0.1, -0.05) is 44.7 Å². The van der Waals surface area contributed by atoms with Crippen LogP contribution in [0.1, 0.15) is 50.2 Å². The van der Waals surface area contributed by atoms with E-state index < -0.39 is 41.5 Å². The van der Waals surface area contributed by atoms with Gasteiger partial charge >= 0.3 is 6.18 Å². The number of benzene rings is 2. The lowest BCUT2D eigenvalue weighted by molar-refractivity contribution is -0.137. The van der Waals surface area contributed by atoms with Crippen molar-refractivity contribution in [1.29, 1.82) is 0 Å². The van der Waals surface area contributed by atoms with E-state index in [2.05, 4.69) is 10.6 Å². The largest absolute Gasteiger partial charge is 0.416 e. The number of carbonyl (C=O) groups excluding carboxylic acids is 1. The van der Waals surface area contributed by atoms with Crippen molar-refractivity contribution in [3.05, 3.63) is 53.3 Å². The van der Waals surface area contributed by atoms with Gasteiger partial charge in [-0.05, 0) is 36.2 Å². The summed E-state index contributed by atoms with van der Waals surface area (Å²) in [6.07, 6.45) is -5.90. The molecule has 2 aromatic rings. The van der Waals surface area contributed by atoms with Crippen LogP contribution in [0, 0.1) is 5.82 Å². The van der Waals surface area contributed by atoms with Crippen molar-refractivity contribution in [3.63, 3.8) is 0 Å². The number of hydrogen-bond donors (Lipinski definition) is 3. The maximum Gasteiger partial charge on any atom is 0.416 e. The summed E-state index contributed by atoms with van der Waals surface area (Å²) in [7, 11) is 0. The van der Waals surface area contributed by atoms with E-state index in [9.17, 15) is 31.1 Å². The van der Waals surface area contributed by atoms with Gasteiger partial charge < -0.3 is 16.4 Å². The molecule has 10 heteroatoms. The highest BCUT2D eigenvalue weighted by Crippen LogP contribution is 2.31. The lowest BCUT2D eigenvalue weighted by Crippen LogP contribution is -2.32. The Labute approximate surface area is 188 Å². The quantitative estimate of drug-likeness (QED) is 0.194. The number of alkyl halides is 5. The number of hydrogen-bond acceptors (Lipinski definition) is 3. The molecule has 0 unspecified atom stereocenters. The third-order valence-electron chi connectivity index (χ3n) is 5.10. The number of unbranched alkanes of at least 4 members (excludes halogenated alkanes) is 3. The molecule has 0 fully saturated rings. The SMILES string of the molecule is CCCCCC[C@@H](F)[C@H](F)C(=O)Nc1ccc(NCc2ccc(C(F)(F)F)cc2)c(F)c1N. The summed E-state index contributed by atoms with van der Waals surface area (Å²) in [5, 5.41) is 4.80. The van der Waals surface area contributed by atoms with Crippen LogP contribution in [-0.4, -0.2) is 18.3 Å². The lowest BCUT2D eigenvalue weighted by Gasteiger charge is -2.16. The van der Waals surface area contributed by atoms with Crippen LogP contribution in [-0.2, 0) is 17.5 Å². The van der Waals surface area contributed by atoms with E-state index in [-0.39, 0.29) is 24.3 Å². The molecule has 0 aromatic heterocycles. The Kier molecular flexibility index (Phi) is 9.43. The molecule has 0 aliphatic heterocycles. The normalized spacial score (nSPS) is 13.4. The molecule has 4 N–H and O–H groups in total. The molecule has 0 heterocycles. The number of nitrogens with two attached hydrogens (primary N) is 1. The standard InChI is InChI=1S/C23H27F6N3O/c1-2-3-4-5-6-16(24)19(25)22(33)32-18-12-11-17(20(26)21(18)30)31-13-14-7-9-15(10-8-14)23(27,28)29/h7-12,16,19,31H,2-6,13,30H2,1H3,(H,32,33)/t16-,19+/m1/s1. The predicted molar refractivity (Wildman–Crippen MR) is 117 cm³/mol. The van der Waals surface area contributed by atoms with Gasteiger partial charge in [-0.25, -0.2) is 13.2 Å². The van der Waals surface area contributed by atoms with Crippen LogP contribution in [0.25, 0.3) is 0 Å². The van der Waals surface area contributed by atoms with Crippen LogP contribution in [0.2, 0.25) is 0 Å². The highest BCUT2D eigenvalue weighted by atomic mass is 19.4. The highest BCUT2D eigenvalue weighted by Gasteiger charge is 2.30. The van der Waals surface area contributed by atoms with Gasteiger partial charge in [0.1, 0.15) is 6.17 Å². The third-order valence-corrected chi connectivity index (χ3v) is 5.10. The second kappa shape index (κ2) is 11.8. The van der Waals surface area contributed by atoms with Crippen LogP contribution in [0.5, 0.6) is 0 Å². The summed E-state index contributed by atoms with van der Waals surface area (Å²) in [6.45, 7) is 1.99. The van der Waals surface area contributed by atoms with E-state index >= 15 is 0 Å². The first-order valence-corrected chi connectivity index (χ1v) is 10.6. The van der Waals surface area contributed by atoms with Crippen molar-refractivity contribution >= 4 is 23.0 Å². The molecule has 4 nitrogen and oxygen atoms in total. The second-order valence-corrected chi connectivity index (χ2v) is 7.69. The Morgan fingerprint density at radius 3 is 2.24 bits per heavy atom. The summed E-state index contributed by atoms with van der Waals surface area (Å²) in [5.41, 5.74) is 4.59. The fourth-order valence-corrected chi connectivity index (χ4v) is 3.13. The molecule has 0 spiro atoms. The fraction of sp³-hybridized carbons (Fsp3) is 0.435. The average molecular weight is 475 g/mol. The number of amides is 1. The van der Waals surface area contributed by atoms with Crippen LogP contribution < -0.4 is 16.4 Å². The van der Waals surface area contributed by atoms with E-state index in [1.54, 1.807) is 0 Å². The monoisotopic (exact) mass is 475 g/mol. The molecule has 33 heavy (non-hydrogen) atoms. The fourth-order valence-electron chi connectivity index (χ4n) is 3.13. The van der Waals surface area contributed by atoms with Crippen LogP contribution in [0.15, 0.2) is 36.4 Å². The number of halogens is 6. The Morgan fingerprint density at radius 2 is 1.64 bits per heavy atom. The molecule has 0 radical (unpaired) electrons. The molecule has 2 rings (SSSR count). The van der Waals surface area contributed by atoms with Crippen molar-refractivity contribution in [1.82, 2.24) is 0 Å². The highest BCUT2D eigenvalue weighted by molar-refractivity contribution is 5.97. The van der Waals surface area contributed by atoms with Gasteiger partial charge in [0.25, 0.3) is 5.91 Å². The summed E-state index contributed by atoms with van der Waals surface area (Å²) >= 11 is 0. The van der Waals surface area contributed by atoms with Crippen molar-refractivity contribution in [2.45, 2.75) is 64.1 Å². The predicted octanol–water partition coefficient (Wildman–Crippen LogP) is 6.62. The third kappa shape index (κ3) is 7.57. The summed E-state index contributed by atoms with van der Waals surface area (Å²) in [5.74, 6) is -2.19. The number of anilines is 3. The van der Waals surface area contributed by atoms with Gasteiger partial charge in [-0.2, -0.15) is 13.2 Å². The molecule has 2 aromatic carbocycles. The zero-order valence-electron chi connectivity index (χ0n) is 18.1. The Hall–Kier alpha value is -2.91. The minimum atomic E-state index is -4.46. The summed E-state index contributed by atoms with van der Waals surface area (Å²) in [6, 6.07) is 6.79. The molecule has 2 atom stereocenters. The smallest absolute Gasteiger partial charge is 0.395 e. The van der Waals surface area contributed by atoms with Gasteiger partial charge in [0.2, 0.25) is 6.17 Å². The van der Waals surface area contributed by atoms with Crippen molar-refractivity contribution in [2.75, 3.05) is 16.4 Å². The number of nitrogens with one attached hydrogen (secondary N) is 2. The molecule has 0 saturated heterocycles. The van der Waals surface area contributed by atoms with E-state index in [1.165, 1.54) is 24.3 Å². The van der Waals surface area contributed by atoms with Gasteiger partial charge in [0, 0.05) is 6.54 Å². The molecule has 1 amide bonds. The molecule has 0 aliphatic carbocycles. The first-order chi connectivity index (χ1) is 15.5. The van der Waals surface area contributed by atoms with Gasteiger partial charge in [0.15, 0.2) is 5.82 Å². The van der Waals surface area contributed by atoms with Crippen molar-refractivity contribution in [3.8, 4) is 0 Å². The zero-order chi connectivity index (χ0) is 24.6. The minimum absolute atomic E-state index is 0.00825. The van der Waals surface area contributed by atoms with Crippen LogP contribution >= 0.6 is 0 Å². The number of carbonyl (C=O) groups is 1. The lowest BCUT2D eigenvalue weighted by atomic mass is 10.1. The molecular formula is C23H27F6N3O. The molecule has 0 aliphatic rings. The number of rotatable bonds is 11. The van der Waals surface area contributed by atoms with E-state index in [4.69, 9.17) is 5.73 Å². The number of nitrogen functional groups attached to an aromatic ring is 1. The van der Waals surface area contributed by atoms with E-state index in [0.717, 1.165) is 31.4 Å². The Balaban J connectivity index is 1.96. The Bertz CT molecular complexity index is 918. The summed E-state index contributed by atoms with van der Waals surface area (Å²) in [4.78, 5) is 12.0. The average Bonchev–Trinajstić information content (AvgIpc) is 2.78. The van der Waals surface area contributed by atoms with E-state index in [0.29, 0.717) is 12.0 Å². The maximum absolute atomic E-state index is 14.6. The Morgan fingerprint density at radius 1 is 1.00 bits per heavy atom. The van der Waals surface area contributed by atoms with Gasteiger partial charge in [0.05, 0.1) is 22.6 Å². The first kappa shape index (κ1) is 26.3. The minimum Gasteiger partial charge on any atom is -0.395 e. The topological polar surface area (TPSA) is 67.2 Å². The van der Waals surface area contributed by atoms with E-state index in [1.807, 2.05) is 6.92 Å². The first-order valence-electron chi connectivity index (χ1n) is 10.6. The summed E-state index contributed by atoms with van der Waals surface area (Å²) < 4.78 is 80.5. The molecular weight excluding hydrogens is 448 g/mol. The zero-order valence-corrected chi connectivity index (χ0v) is 18.1. The van der Waals surface area contributed by atoms with Gasteiger partial charge in [-0.15, -0.1) is 0 Å². The molecule has 0 bridgehead atoms. The van der Waals surface area contributed by atoms with Crippen LogP contribution in [0.3, 0.4) is 0 Å². The maximum atomic E-state index is 14.6.